The monoisotopic (exact) mass is 276 g/mol. The molecule has 0 aliphatic carbocycles. The Hall–Kier alpha value is -2.53. The zero-order valence-electron chi connectivity index (χ0n) is 10.6. The maximum Gasteiger partial charge on any atom is 0.280 e. The third kappa shape index (κ3) is 2.73. The van der Waals surface area contributed by atoms with Gasteiger partial charge in [0.25, 0.3) is 11.4 Å². The summed E-state index contributed by atoms with van der Waals surface area (Å²) in [5, 5.41) is 30.7. The first-order valence-corrected chi connectivity index (χ1v) is 6.08. The second-order valence-electron chi connectivity index (χ2n) is 4.58. The van der Waals surface area contributed by atoms with Crippen molar-refractivity contribution in [2.45, 2.75) is 25.4 Å². The number of likely N-dealkylation sites (tertiary alicyclic amines) is 1. The van der Waals surface area contributed by atoms with Crippen LogP contribution < -0.4 is 0 Å². The molecule has 0 aromatic heterocycles. The molecule has 104 valence electrons. The molecule has 1 aromatic rings. The normalized spacial score (nSPS) is 18.6. The molecule has 2 rings (SSSR count). The van der Waals surface area contributed by atoms with E-state index in [0.29, 0.717) is 12.1 Å². The van der Waals surface area contributed by atoms with E-state index in [4.69, 9.17) is 5.26 Å². The smallest absolute Gasteiger partial charge is 0.280 e. The van der Waals surface area contributed by atoms with E-state index in [9.17, 15) is 20.2 Å². The van der Waals surface area contributed by atoms with E-state index < -0.39 is 9.85 Å². The maximum atomic E-state index is 11.0. The Morgan fingerprint density at radius 3 is 2.70 bits per heavy atom. The Kier molecular flexibility index (Phi) is 3.91. The van der Waals surface area contributed by atoms with Crippen LogP contribution in [0.4, 0.5) is 11.4 Å². The molecule has 1 fully saturated rings. The lowest BCUT2D eigenvalue weighted by Crippen LogP contribution is -2.27. The molecule has 1 atom stereocenters. The molecule has 0 amide bonds. The van der Waals surface area contributed by atoms with Crippen molar-refractivity contribution in [2.24, 2.45) is 0 Å². The summed E-state index contributed by atoms with van der Waals surface area (Å²) in [6, 6.07) is 5.52. The Bertz CT molecular complexity index is 596. The number of benzene rings is 1. The van der Waals surface area contributed by atoms with Crippen LogP contribution in [0.25, 0.3) is 0 Å². The summed E-state index contributed by atoms with van der Waals surface area (Å²) in [5.41, 5.74) is -0.191. The number of hydrogen-bond donors (Lipinski definition) is 0. The first-order chi connectivity index (χ1) is 9.52. The van der Waals surface area contributed by atoms with Gasteiger partial charge in [-0.1, -0.05) is 0 Å². The highest BCUT2D eigenvalue weighted by Gasteiger charge is 2.27. The van der Waals surface area contributed by atoms with Gasteiger partial charge in [-0.3, -0.25) is 25.1 Å². The third-order valence-electron chi connectivity index (χ3n) is 3.36. The summed E-state index contributed by atoms with van der Waals surface area (Å²) in [7, 11) is 0. The lowest BCUT2D eigenvalue weighted by atomic mass is 10.1. The minimum absolute atomic E-state index is 0.246. The summed E-state index contributed by atoms with van der Waals surface area (Å²) < 4.78 is 0. The predicted octanol–water partition coefficient (Wildman–Crippen LogP) is 1.99. The van der Waals surface area contributed by atoms with Gasteiger partial charge in [0.2, 0.25) is 0 Å². The highest BCUT2D eigenvalue weighted by molar-refractivity contribution is 5.49. The predicted molar refractivity (Wildman–Crippen MR) is 68.8 cm³/mol. The van der Waals surface area contributed by atoms with Crippen LogP contribution in [0.5, 0.6) is 0 Å². The summed E-state index contributed by atoms with van der Waals surface area (Å²) in [4.78, 5) is 22.2. The van der Waals surface area contributed by atoms with Crippen LogP contribution in [0.3, 0.4) is 0 Å². The van der Waals surface area contributed by atoms with Crippen molar-refractivity contribution >= 4 is 11.4 Å². The van der Waals surface area contributed by atoms with Gasteiger partial charge in [-0.2, -0.15) is 5.26 Å². The second-order valence-corrected chi connectivity index (χ2v) is 4.58. The van der Waals surface area contributed by atoms with Gasteiger partial charge in [-0.25, -0.2) is 0 Å². The molecule has 1 saturated heterocycles. The average molecular weight is 276 g/mol. The molecule has 0 spiro atoms. The summed E-state index contributed by atoms with van der Waals surface area (Å²) in [5.74, 6) is 0. The van der Waals surface area contributed by atoms with Crippen molar-refractivity contribution in [1.29, 1.82) is 5.26 Å². The fraction of sp³-hybridized carbons (Fsp3) is 0.417. The van der Waals surface area contributed by atoms with E-state index in [2.05, 4.69) is 6.07 Å². The standard InChI is InChI=1S/C12H12N4O4/c13-7-11-2-1-5-14(11)8-9-3-4-10(15(17)18)6-12(9)16(19)20/h3-4,6,11H,1-2,5,8H2. The van der Waals surface area contributed by atoms with Gasteiger partial charge in [-0.05, 0) is 25.5 Å². The van der Waals surface area contributed by atoms with Crippen molar-refractivity contribution < 1.29 is 9.85 Å². The molecular weight excluding hydrogens is 264 g/mol. The van der Waals surface area contributed by atoms with Gasteiger partial charge >= 0.3 is 0 Å². The summed E-state index contributed by atoms with van der Waals surface area (Å²) in [6.07, 6.45) is 1.62. The minimum Gasteiger partial charge on any atom is -0.283 e. The fourth-order valence-corrected chi connectivity index (χ4v) is 2.35. The minimum atomic E-state index is -0.662. The van der Waals surface area contributed by atoms with Gasteiger partial charge < -0.3 is 0 Å². The number of nitriles is 1. The molecule has 8 nitrogen and oxygen atoms in total. The highest BCUT2D eigenvalue weighted by atomic mass is 16.6. The Balaban J connectivity index is 2.29. The second kappa shape index (κ2) is 5.63. The average Bonchev–Trinajstić information content (AvgIpc) is 2.85. The number of nitro benzene ring substituents is 2. The zero-order chi connectivity index (χ0) is 14.7. The van der Waals surface area contributed by atoms with E-state index in [1.807, 2.05) is 4.90 Å². The van der Waals surface area contributed by atoms with Gasteiger partial charge in [0.05, 0.1) is 28.0 Å². The molecule has 1 aromatic carbocycles. The van der Waals surface area contributed by atoms with Crippen molar-refractivity contribution in [3.05, 3.63) is 44.0 Å². The van der Waals surface area contributed by atoms with E-state index in [-0.39, 0.29) is 24.0 Å². The molecule has 1 unspecified atom stereocenters. The number of nitro groups is 2. The number of non-ortho nitro benzene ring substituents is 1. The topological polar surface area (TPSA) is 113 Å². The van der Waals surface area contributed by atoms with Crippen LogP contribution in [0.15, 0.2) is 18.2 Å². The van der Waals surface area contributed by atoms with Gasteiger partial charge in [0.15, 0.2) is 0 Å². The number of nitrogens with zero attached hydrogens (tertiary/aromatic N) is 4. The quantitative estimate of drug-likeness (QED) is 0.613. The molecule has 0 N–H and O–H groups in total. The lowest BCUT2D eigenvalue weighted by molar-refractivity contribution is -0.394. The van der Waals surface area contributed by atoms with Crippen LogP contribution in [0.2, 0.25) is 0 Å². The molecule has 20 heavy (non-hydrogen) atoms. The van der Waals surface area contributed by atoms with Crippen molar-refractivity contribution in [3.63, 3.8) is 0 Å². The highest BCUT2D eigenvalue weighted by Crippen LogP contribution is 2.28. The van der Waals surface area contributed by atoms with Crippen LogP contribution in [-0.2, 0) is 6.54 Å². The number of hydrogen-bond acceptors (Lipinski definition) is 6. The Labute approximate surface area is 114 Å². The third-order valence-corrected chi connectivity index (χ3v) is 3.36. The molecule has 0 saturated carbocycles. The fourth-order valence-electron chi connectivity index (χ4n) is 2.35. The largest absolute Gasteiger partial charge is 0.283 e. The molecule has 8 heteroatoms. The molecule has 1 heterocycles. The molecule has 0 bridgehead atoms. The summed E-state index contributed by atoms with van der Waals surface area (Å²) >= 11 is 0. The lowest BCUT2D eigenvalue weighted by Gasteiger charge is -2.18. The van der Waals surface area contributed by atoms with Crippen molar-refractivity contribution in [1.82, 2.24) is 4.90 Å². The summed E-state index contributed by atoms with van der Waals surface area (Å²) in [6.45, 7) is 0.957. The van der Waals surface area contributed by atoms with Gasteiger partial charge in [0.1, 0.15) is 0 Å². The van der Waals surface area contributed by atoms with Crippen LogP contribution in [0, 0.1) is 31.6 Å². The van der Waals surface area contributed by atoms with Crippen LogP contribution in [0.1, 0.15) is 18.4 Å². The SMILES string of the molecule is N#CC1CCCN1Cc1ccc([N+](=O)[O-])cc1[N+](=O)[O-]. The van der Waals surface area contributed by atoms with Crippen LogP contribution >= 0.6 is 0 Å². The van der Waals surface area contributed by atoms with Crippen LogP contribution in [-0.4, -0.2) is 27.3 Å². The molecular formula is C12H12N4O4. The van der Waals surface area contributed by atoms with Gasteiger partial charge in [-0.15, -0.1) is 0 Å². The van der Waals surface area contributed by atoms with E-state index in [1.165, 1.54) is 12.1 Å². The first-order valence-electron chi connectivity index (χ1n) is 6.08. The van der Waals surface area contributed by atoms with Crippen molar-refractivity contribution in [3.8, 4) is 6.07 Å². The molecule has 1 aliphatic heterocycles. The number of rotatable bonds is 4. The zero-order valence-corrected chi connectivity index (χ0v) is 10.6. The Morgan fingerprint density at radius 1 is 1.35 bits per heavy atom. The van der Waals surface area contributed by atoms with E-state index in [0.717, 1.165) is 18.9 Å². The maximum absolute atomic E-state index is 11.0. The molecule has 0 radical (unpaired) electrons. The van der Waals surface area contributed by atoms with Gasteiger partial charge in [0, 0.05) is 18.2 Å². The van der Waals surface area contributed by atoms with E-state index in [1.54, 1.807) is 0 Å². The Morgan fingerprint density at radius 2 is 2.10 bits per heavy atom. The van der Waals surface area contributed by atoms with E-state index >= 15 is 0 Å². The molecule has 1 aliphatic rings. The van der Waals surface area contributed by atoms with Crippen molar-refractivity contribution in [2.75, 3.05) is 6.54 Å². The first kappa shape index (κ1) is 13.9.